The number of carbonyl (C=O) groups is 1. The molecular weight excluding hydrogens is 332 g/mol. The van der Waals surface area contributed by atoms with E-state index in [4.69, 9.17) is 15.2 Å². The van der Waals surface area contributed by atoms with Gasteiger partial charge in [0.2, 0.25) is 5.88 Å². The molecule has 0 aliphatic heterocycles. The summed E-state index contributed by atoms with van der Waals surface area (Å²) in [7, 11) is 1.58. The molecule has 26 heavy (non-hydrogen) atoms. The van der Waals surface area contributed by atoms with Crippen molar-refractivity contribution >= 4 is 5.91 Å². The van der Waals surface area contributed by atoms with Gasteiger partial charge in [-0.05, 0) is 42.1 Å². The van der Waals surface area contributed by atoms with Crippen molar-refractivity contribution in [3.8, 4) is 17.4 Å². The SMILES string of the molecule is COc1cc(CNCCC(C)(C)C)ccc1Oc1ccc(C(N)=O)nn1. The standard InChI is InChI=1S/C19H26N4O3/c1-19(2,3)9-10-21-12-13-5-7-15(16(11-13)25-4)26-17-8-6-14(18(20)24)22-23-17/h5-8,11,21H,9-10,12H2,1-4H3,(H2,20,24). The highest BCUT2D eigenvalue weighted by Gasteiger charge is 2.11. The predicted molar refractivity (Wildman–Crippen MR) is 99.4 cm³/mol. The van der Waals surface area contributed by atoms with Crippen LogP contribution in [0.2, 0.25) is 0 Å². The lowest BCUT2D eigenvalue weighted by molar-refractivity contribution is 0.0994. The van der Waals surface area contributed by atoms with E-state index >= 15 is 0 Å². The highest BCUT2D eigenvalue weighted by atomic mass is 16.5. The normalized spacial score (nSPS) is 11.2. The molecule has 1 amide bonds. The number of nitrogens with zero attached hydrogens (tertiary/aromatic N) is 2. The first kappa shape index (κ1) is 19.7. The predicted octanol–water partition coefficient (Wildman–Crippen LogP) is 2.90. The first-order valence-corrected chi connectivity index (χ1v) is 8.47. The number of aromatic nitrogens is 2. The fourth-order valence-corrected chi connectivity index (χ4v) is 2.22. The molecule has 1 aromatic heterocycles. The van der Waals surface area contributed by atoms with Crippen molar-refractivity contribution in [2.75, 3.05) is 13.7 Å². The fourth-order valence-electron chi connectivity index (χ4n) is 2.22. The van der Waals surface area contributed by atoms with Crippen LogP contribution in [0.3, 0.4) is 0 Å². The molecule has 0 atom stereocenters. The Bertz CT molecular complexity index is 739. The van der Waals surface area contributed by atoms with Gasteiger partial charge in [-0.25, -0.2) is 0 Å². The van der Waals surface area contributed by atoms with Crippen LogP contribution in [-0.4, -0.2) is 29.8 Å². The number of rotatable bonds is 8. The van der Waals surface area contributed by atoms with Gasteiger partial charge in [0.1, 0.15) is 0 Å². The zero-order valence-electron chi connectivity index (χ0n) is 15.7. The minimum atomic E-state index is -0.634. The molecule has 2 rings (SSSR count). The topological polar surface area (TPSA) is 99.4 Å². The van der Waals surface area contributed by atoms with Gasteiger partial charge in [0.05, 0.1) is 7.11 Å². The van der Waals surface area contributed by atoms with Crippen LogP contribution in [0.5, 0.6) is 17.4 Å². The summed E-state index contributed by atoms with van der Waals surface area (Å²) in [6.07, 6.45) is 1.10. The minimum absolute atomic E-state index is 0.0843. The number of ether oxygens (including phenoxy) is 2. The Hall–Kier alpha value is -2.67. The largest absolute Gasteiger partial charge is 0.493 e. The smallest absolute Gasteiger partial charge is 0.269 e. The van der Waals surface area contributed by atoms with E-state index in [1.54, 1.807) is 7.11 Å². The molecule has 2 aromatic rings. The molecule has 0 saturated heterocycles. The molecule has 140 valence electrons. The molecule has 3 N–H and O–H groups in total. The summed E-state index contributed by atoms with van der Waals surface area (Å²) in [6.45, 7) is 8.37. The van der Waals surface area contributed by atoms with Crippen molar-refractivity contribution in [3.63, 3.8) is 0 Å². The van der Waals surface area contributed by atoms with Crippen LogP contribution in [0, 0.1) is 5.41 Å². The molecule has 7 heteroatoms. The Morgan fingerprint density at radius 1 is 1.15 bits per heavy atom. The van der Waals surface area contributed by atoms with Crippen LogP contribution in [0.1, 0.15) is 43.2 Å². The number of amides is 1. The Balaban J connectivity index is 2.00. The van der Waals surface area contributed by atoms with Crippen molar-refractivity contribution < 1.29 is 14.3 Å². The third-order valence-corrected chi connectivity index (χ3v) is 3.72. The molecular formula is C19H26N4O3. The molecule has 0 unspecified atom stereocenters. The van der Waals surface area contributed by atoms with Crippen LogP contribution in [0.15, 0.2) is 30.3 Å². The lowest BCUT2D eigenvalue weighted by Gasteiger charge is -2.18. The van der Waals surface area contributed by atoms with Crippen LogP contribution < -0.4 is 20.5 Å². The van der Waals surface area contributed by atoms with Gasteiger partial charge in [-0.1, -0.05) is 26.8 Å². The van der Waals surface area contributed by atoms with Gasteiger partial charge >= 0.3 is 0 Å². The molecule has 0 bridgehead atoms. The van der Waals surface area contributed by atoms with Crippen molar-refractivity contribution in [2.24, 2.45) is 11.1 Å². The lowest BCUT2D eigenvalue weighted by Crippen LogP contribution is -2.20. The molecule has 0 aliphatic carbocycles. The zero-order chi connectivity index (χ0) is 19.2. The van der Waals surface area contributed by atoms with Crippen LogP contribution >= 0.6 is 0 Å². The minimum Gasteiger partial charge on any atom is -0.493 e. The summed E-state index contributed by atoms with van der Waals surface area (Å²) in [5.74, 6) is 0.738. The van der Waals surface area contributed by atoms with Gasteiger partial charge in [-0.2, -0.15) is 0 Å². The maximum atomic E-state index is 11.0. The van der Waals surface area contributed by atoms with E-state index in [1.165, 1.54) is 12.1 Å². The highest BCUT2D eigenvalue weighted by Crippen LogP contribution is 2.31. The van der Waals surface area contributed by atoms with E-state index in [0.29, 0.717) is 16.9 Å². The second-order valence-corrected chi connectivity index (χ2v) is 7.20. The number of methoxy groups -OCH3 is 1. The van der Waals surface area contributed by atoms with E-state index in [9.17, 15) is 4.79 Å². The molecule has 1 heterocycles. The van der Waals surface area contributed by atoms with Gasteiger partial charge in [-0.3, -0.25) is 4.79 Å². The monoisotopic (exact) mass is 358 g/mol. The summed E-state index contributed by atoms with van der Waals surface area (Å²) in [5.41, 5.74) is 6.64. The van der Waals surface area contributed by atoms with Gasteiger partial charge in [-0.15, -0.1) is 10.2 Å². The van der Waals surface area contributed by atoms with Crippen LogP contribution in [0.25, 0.3) is 0 Å². The Morgan fingerprint density at radius 2 is 1.92 bits per heavy atom. The molecule has 0 aliphatic rings. The average molecular weight is 358 g/mol. The quantitative estimate of drug-likeness (QED) is 0.704. The number of carbonyl (C=O) groups excluding carboxylic acids is 1. The summed E-state index contributed by atoms with van der Waals surface area (Å²) in [5, 5.41) is 11.0. The third-order valence-electron chi connectivity index (χ3n) is 3.72. The summed E-state index contributed by atoms with van der Waals surface area (Å²) < 4.78 is 11.1. The first-order chi connectivity index (χ1) is 12.3. The van der Waals surface area contributed by atoms with E-state index in [2.05, 4.69) is 36.3 Å². The number of hydrogen-bond acceptors (Lipinski definition) is 6. The maximum Gasteiger partial charge on any atom is 0.269 e. The summed E-state index contributed by atoms with van der Waals surface area (Å²) in [6, 6.07) is 8.71. The summed E-state index contributed by atoms with van der Waals surface area (Å²) in [4.78, 5) is 11.0. The molecule has 7 nitrogen and oxygen atoms in total. The van der Waals surface area contributed by atoms with E-state index in [1.807, 2.05) is 18.2 Å². The van der Waals surface area contributed by atoms with Crippen molar-refractivity contribution in [3.05, 3.63) is 41.6 Å². The van der Waals surface area contributed by atoms with Gasteiger partial charge in [0.25, 0.3) is 5.91 Å². The van der Waals surface area contributed by atoms with Crippen molar-refractivity contribution in [1.29, 1.82) is 0 Å². The second kappa shape index (κ2) is 8.62. The van der Waals surface area contributed by atoms with Crippen LogP contribution in [-0.2, 0) is 6.54 Å². The van der Waals surface area contributed by atoms with E-state index in [0.717, 1.165) is 25.1 Å². The fraction of sp³-hybridized carbons (Fsp3) is 0.421. The Kier molecular flexibility index (Phi) is 6.52. The van der Waals surface area contributed by atoms with Gasteiger partial charge in [0, 0.05) is 12.6 Å². The number of nitrogens with one attached hydrogen (secondary N) is 1. The molecule has 0 fully saturated rings. The van der Waals surface area contributed by atoms with Gasteiger partial charge < -0.3 is 20.5 Å². The third kappa shape index (κ3) is 6.00. The Labute approximate surface area is 153 Å². The van der Waals surface area contributed by atoms with Crippen LogP contribution in [0.4, 0.5) is 0 Å². The van der Waals surface area contributed by atoms with E-state index in [-0.39, 0.29) is 11.6 Å². The summed E-state index contributed by atoms with van der Waals surface area (Å²) >= 11 is 0. The zero-order valence-corrected chi connectivity index (χ0v) is 15.7. The highest BCUT2D eigenvalue weighted by molar-refractivity contribution is 5.90. The number of benzene rings is 1. The molecule has 0 saturated carbocycles. The van der Waals surface area contributed by atoms with E-state index < -0.39 is 5.91 Å². The Morgan fingerprint density at radius 3 is 2.50 bits per heavy atom. The second-order valence-electron chi connectivity index (χ2n) is 7.20. The average Bonchev–Trinajstić information content (AvgIpc) is 2.59. The number of hydrogen-bond donors (Lipinski definition) is 2. The number of nitrogens with two attached hydrogens (primary N) is 1. The molecule has 0 spiro atoms. The van der Waals surface area contributed by atoms with Gasteiger partial charge in [0.15, 0.2) is 17.2 Å². The first-order valence-electron chi connectivity index (χ1n) is 8.47. The molecule has 0 radical (unpaired) electrons. The molecule has 1 aromatic carbocycles. The number of primary amides is 1. The lowest BCUT2D eigenvalue weighted by atomic mass is 9.92. The van der Waals surface area contributed by atoms with Crippen molar-refractivity contribution in [2.45, 2.75) is 33.7 Å². The van der Waals surface area contributed by atoms with Crippen molar-refractivity contribution in [1.82, 2.24) is 15.5 Å². The maximum absolute atomic E-state index is 11.0.